The van der Waals surface area contributed by atoms with Crippen LogP contribution in [0.25, 0.3) is 0 Å². The average Bonchev–Trinajstić information content (AvgIpc) is 2.44. The highest BCUT2D eigenvalue weighted by atomic mass is 79.9. The lowest BCUT2D eigenvalue weighted by molar-refractivity contribution is -0.152. The van der Waals surface area contributed by atoms with Crippen LogP contribution in [0.15, 0.2) is 28.7 Å². The zero-order valence-corrected chi connectivity index (χ0v) is 13.2. The first-order chi connectivity index (χ1) is 9.25. The van der Waals surface area contributed by atoms with Gasteiger partial charge in [-0.15, -0.1) is 0 Å². The average molecular weight is 344 g/mol. The largest absolute Gasteiger partial charge is 0.382 e. The minimum absolute atomic E-state index is 0.288. The Morgan fingerprint density at radius 3 is 2.10 bits per heavy atom. The minimum atomic E-state index is -1.74. The summed E-state index contributed by atoms with van der Waals surface area (Å²) in [6.45, 7) is 2.92. The normalized spacial score (nSPS) is 15.3. The first-order valence-electron chi connectivity index (χ1n) is 6.14. The third-order valence-electron chi connectivity index (χ3n) is 3.25. The summed E-state index contributed by atoms with van der Waals surface area (Å²) in [4.78, 5) is 24.3. The second-order valence-electron chi connectivity index (χ2n) is 4.68. The Morgan fingerprint density at radius 2 is 1.65 bits per heavy atom. The molecular weight excluding hydrogens is 326 g/mol. The number of aliphatic hydroxyl groups is 2. The van der Waals surface area contributed by atoms with Crippen LogP contribution in [0.2, 0.25) is 0 Å². The van der Waals surface area contributed by atoms with Crippen LogP contribution in [0.5, 0.6) is 0 Å². The van der Waals surface area contributed by atoms with Gasteiger partial charge >= 0.3 is 0 Å². The van der Waals surface area contributed by atoms with Crippen LogP contribution in [-0.4, -0.2) is 46.1 Å². The van der Waals surface area contributed by atoms with Crippen molar-refractivity contribution < 1.29 is 19.8 Å². The lowest BCUT2D eigenvalue weighted by Gasteiger charge is -2.28. The molecule has 0 aliphatic carbocycles. The molecule has 0 spiro atoms. The van der Waals surface area contributed by atoms with Gasteiger partial charge in [0.1, 0.15) is 6.10 Å². The molecule has 1 amide bonds. The summed E-state index contributed by atoms with van der Waals surface area (Å²) in [5, 5.41) is 19.1. The standard InChI is InChI=1S/C14H18BrNO4/c1-8(10-4-6-11(15)7-5-10)16(3)14(20)13(19)12(18)9(2)17/h4-8,12-13,18-19H,1-3H3. The van der Waals surface area contributed by atoms with E-state index in [1.807, 2.05) is 24.3 Å². The van der Waals surface area contributed by atoms with Crippen LogP contribution in [0, 0.1) is 0 Å². The Morgan fingerprint density at radius 1 is 1.15 bits per heavy atom. The van der Waals surface area contributed by atoms with Crippen LogP contribution in [0.1, 0.15) is 25.5 Å². The lowest BCUT2D eigenvalue weighted by Crippen LogP contribution is -2.46. The summed E-state index contributed by atoms with van der Waals surface area (Å²) in [6, 6.07) is 7.12. The number of likely N-dealkylation sites (N-methyl/N-ethyl adjacent to an activating group) is 1. The van der Waals surface area contributed by atoms with Gasteiger partial charge in [-0.1, -0.05) is 28.1 Å². The molecule has 2 N–H and O–H groups in total. The molecule has 0 fully saturated rings. The van der Waals surface area contributed by atoms with Crippen LogP contribution in [-0.2, 0) is 9.59 Å². The minimum Gasteiger partial charge on any atom is -0.382 e. The van der Waals surface area contributed by atoms with Gasteiger partial charge in [-0.3, -0.25) is 9.59 Å². The van der Waals surface area contributed by atoms with E-state index in [0.29, 0.717) is 0 Å². The second kappa shape index (κ2) is 6.97. The van der Waals surface area contributed by atoms with Gasteiger partial charge in [-0.05, 0) is 31.5 Å². The molecule has 5 nitrogen and oxygen atoms in total. The van der Waals surface area contributed by atoms with E-state index in [0.717, 1.165) is 17.0 Å². The van der Waals surface area contributed by atoms with Gasteiger partial charge in [0.25, 0.3) is 5.91 Å². The number of benzene rings is 1. The smallest absolute Gasteiger partial charge is 0.254 e. The maximum Gasteiger partial charge on any atom is 0.254 e. The highest BCUT2D eigenvalue weighted by Crippen LogP contribution is 2.22. The van der Waals surface area contributed by atoms with Crippen LogP contribution >= 0.6 is 15.9 Å². The van der Waals surface area contributed by atoms with E-state index < -0.39 is 23.9 Å². The molecule has 1 rings (SSSR count). The molecule has 0 heterocycles. The third kappa shape index (κ3) is 3.88. The zero-order chi connectivity index (χ0) is 15.4. The first kappa shape index (κ1) is 16.8. The van der Waals surface area contributed by atoms with Crippen molar-refractivity contribution in [2.24, 2.45) is 0 Å². The summed E-state index contributed by atoms with van der Waals surface area (Å²) in [5.41, 5.74) is 0.883. The van der Waals surface area contributed by atoms with Gasteiger partial charge in [0.2, 0.25) is 0 Å². The molecule has 20 heavy (non-hydrogen) atoms. The number of rotatable bonds is 5. The molecule has 0 aliphatic rings. The number of carbonyl (C=O) groups is 2. The Hall–Kier alpha value is -1.24. The van der Waals surface area contributed by atoms with Crippen molar-refractivity contribution in [3.63, 3.8) is 0 Å². The van der Waals surface area contributed by atoms with Gasteiger partial charge in [0.05, 0.1) is 6.04 Å². The van der Waals surface area contributed by atoms with Gasteiger partial charge in [0.15, 0.2) is 11.9 Å². The number of nitrogens with zero attached hydrogens (tertiary/aromatic N) is 1. The summed E-state index contributed by atoms with van der Waals surface area (Å²) in [5.74, 6) is -1.33. The number of aliphatic hydroxyl groups excluding tert-OH is 2. The van der Waals surface area contributed by atoms with Crippen LogP contribution in [0.3, 0.4) is 0 Å². The highest BCUT2D eigenvalue weighted by molar-refractivity contribution is 9.10. The Balaban J connectivity index is 2.83. The van der Waals surface area contributed by atoms with Crippen molar-refractivity contribution in [2.45, 2.75) is 32.1 Å². The van der Waals surface area contributed by atoms with Crippen molar-refractivity contribution in [3.05, 3.63) is 34.3 Å². The van der Waals surface area contributed by atoms with Gasteiger partial charge in [0, 0.05) is 11.5 Å². The van der Waals surface area contributed by atoms with E-state index in [4.69, 9.17) is 0 Å². The molecule has 0 saturated carbocycles. The Labute approximate surface area is 126 Å². The van der Waals surface area contributed by atoms with Crippen LogP contribution < -0.4 is 0 Å². The second-order valence-corrected chi connectivity index (χ2v) is 5.59. The van der Waals surface area contributed by atoms with E-state index in [2.05, 4.69) is 15.9 Å². The Kier molecular flexibility index (Phi) is 5.86. The fraction of sp³-hybridized carbons (Fsp3) is 0.429. The fourth-order valence-corrected chi connectivity index (χ4v) is 1.99. The summed E-state index contributed by atoms with van der Waals surface area (Å²) >= 11 is 3.33. The molecule has 1 aromatic carbocycles. The van der Waals surface area contributed by atoms with E-state index in [-0.39, 0.29) is 6.04 Å². The van der Waals surface area contributed by atoms with Crippen molar-refractivity contribution in [1.82, 2.24) is 4.90 Å². The van der Waals surface area contributed by atoms with Crippen molar-refractivity contribution in [2.75, 3.05) is 7.05 Å². The van der Waals surface area contributed by atoms with E-state index >= 15 is 0 Å². The predicted octanol–water partition coefficient (Wildman–Crippen LogP) is 1.28. The maximum absolute atomic E-state index is 12.0. The number of amides is 1. The quantitative estimate of drug-likeness (QED) is 0.844. The van der Waals surface area contributed by atoms with E-state index in [9.17, 15) is 19.8 Å². The Bertz CT molecular complexity index is 488. The molecule has 0 radical (unpaired) electrons. The summed E-state index contributed by atoms with van der Waals surface area (Å²) in [6.07, 6.45) is -3.43. The van der Waals surface area contributed by atoms with E-state index in [1.54, 1.807) is 6.92 Å². The SMILES string of the molecule is CC(=O)C(O)C(O)C(=O)N(C)C(C)c1ccc(Br)cc1. The highest BCUT2D eigenvalue weighted by Gasteiger charge is 2.31. The van der Waals surface area contributed by atoms with Crippen molar-refractivity contribution in [1.29, 1.82) is 0 Å². The number of ketones is 1. The van der Waals surface area contributed by atoms with Crippen molar-refractivity contribution >= 4 is 27.6 Å². The monoisotopic (exact) mass is 343 g/mol. The maximum atomic E-state index is 12.0. The molecule has 3 atom stereocenters. The first-order valence-corrected chi connectivity index (χ1v) is 6.93. The summed E-state index contributed by atoms with van der Waals surface area (Å²) in [7, 11) is 1.52. The molecular formula is C14H18BrNO4. The molecule has 0 aliphatic heterocycles. The molecule has 6 heteroatoms. The molecule has 3 unspecified atom stereocenters. The lowest BCUT2D eigenvalue weighted by atomic mass is 10.0. The van der Waals surface area contributed by atoms with Gasteiger partial charge in [-0.25, -0.2) is 0 Å². The molecule has 0 aromatic heterocycles. The van der Waals surface area contributed by atoms with Gasteiger partial charge in [-0.2, -0.15) is 0 Å². The van der Waals surface area contributed by atoms with Gasteiger partial charge < -0.3 is 15.1 Å². The number of Topliss-reactive ketones (excluding diaryl/α,β-unsaturated/α-hetero) is 1. The van der Waals surface area contributed by atoms with Crippen molar-refractivity contribution in [3.8, 4) is 0 Å². The predicted molar refractivity (Wildman–Crippen MR) is 78.0 cm³/mol. The number of hydrogen-bond donors (Lipinski definition) is 2. The topological polar surface area (TPSA) is 77.8 Å². The number of hydrogen-bond acceptors (Lipinski definition) is 4. The fourth-order valence-electron chi connectivity index (χ4n) is 1.72. The molecule has 0 bridgehead atoms. The zero-order valence-electron chi connectivity index (χ0n) is 11.6. The molecule has 0 saturated heterocycles. The summed E-state index contributed by atoms with van der Waals surface area (Å²) < 4.78 is 0.925. The number of halogens is 1. The number of carbonyl (C=O) groups excluding carboxylic acids is 2. The van der Waals surface area contributed by atoms with Crippen LogP contribution in [0.4, 0.5) is 0 Å². The molecule has 1 aromatic rings. The van der Waals surface area contributed by atoms with E-state index in [1.165, 1.54) is 11.9 Å². The molecule has 110 valence electrons. The third-order valence-corrected chi connectivity index (χ3v) is 3.78.